The molecule has 22 heavy (non-hydrogen) atoms. The van der Waals surface area contributed by atoms with E-state index in [4.69, 9.17) is 0 Å². The molecule has 0 bridgehead atoms. The molecule has 0 saturated heterocycles. The topological polar surface area (TPSA) is 41.3 Å². The van der Waals surface area contributed by atoms with Gasteiger partial charge in [0.15, 0.2) is 0 Å². The van der Waals surface area contributed by atoms with Gasteiger partial charge in [0.05, 0.1) is 24.4 Å². The van der Waals surface area contributed by atoms with Crippen LogP contribution in [0.25, 0.3) is 0 Å². The molecule has 0 saturated carbocycles. The van der Waals surface area contributed by atoms with Gasteiger partial charge in [-0.2, -0.15) is 5.10 Å². The van der Waals surface area contributed by atoms with Crippen LogP contribution >= 0.6 is 0 Å². The summed E-state index contributed by atoms with van der Waals surface area (Å²) in [7, 11) is 0. The normalized spacial score (nSPS) is 19.2. The minimum absolute atomic E-state index is 0.00310. The van der Waals surface area contributed by atoms with Crippen molar-refractivity contribution in [3.63, 3.8) is 0 Å². The standard InChI is InChI=1S/C18H25N3O/c1-18(2,3)21-12-14(10-19-21)11-20-9-8-15-6-4-5-7-16(15)17(20)13-22/h4-7,10,12,17,22H,8-9,11,13H2,1-3H3. The van der Waals surface area contributed by atoms with Crippen LogP contribution < -0.4 is 0 Å². The maximum absolute atomic E-state index is 9.86. The zero-order chi connectivity index (χ0) is 15.7. The Hall–Kier alpha value is -1.65. The van der Waals surface area contributed by atoms with Gasteiger partial charge in [0.2, 0.25) is 0 Å². The first kappa shape index (κ1) is 15.3. The van der Waals surface area contributed by atoms with Crippen molar-refractivity contribution >= 4 is 0 Å². The van der Waals surface area contributed by atoms with Gasteiger partial charge in [0.25, 0.3) is 0 Å². The average molecular weight is 299 g/mol. The molecule has 1 unspecified atom stereocenters. The molecule has 4 nitrogen and oxygen atoms in total. The first-order chi connectivity index (χ1) is 10.5. The van der Waals surface area contributed by atoms with Crippen LogP contribution in [0.5, 0.6) is 0 Å². The lowest BCUT2D eigenvalue weighted by atomic mass is 9.93. The second-order valence-electron chi connectivity index (χ2n) is 7.08. The first-order valence-corrected chi connectivity index (χ1v) is 7.96. The van der Waals surface area contributed by atoms with Gasteiger partial charge in [-0.05, 0) is 38.3 Å². The van der Waals surface area contributed by atoms with E-state index in [1.54, 1.807) is 0 Å². The molecule has 1 aromatic heterocycles. The van der Waals surface area contributed by atoms with Crippen molar-refractivity contribution in [3.05, 3.63) is 53.3 Å². The third-order valence-electron chi connectivity index (χ3n) is 4.41. The number of rotatable bonds is 3. The fourth-order valence-corrected chi connectivity index (χ4v) is 3.15. The fraction of sp³-hybridized carbons (Fsp3) is 0.500. The summed E-state index contributed by atoms with van der Waals surface area (Å²) in [4.78, 5) is 2.35. The maximum atomic E-state index is 9.86. The van der Waals surface area contributed by atoms with Crippen LogP contribution in [-0.2, 0) is 18.5 Å². The number of fused-ring (bicyclic) bond motifs is 1. The molecular formula is C18H25N3O. The Balaban J connectivity index is 1.80. The summed E-state index contributed by atoms with van der Waals surface area (Å²) in [6, 6.07) is 8.54. The highest BCUT2D eigenvalue weighted by molar-refractivity contribution is 5.32. The smallest absolute Gasteiger partial charge is 0.0628 e. The number of hydrogen-bond donors (Lipinski definition) is 1. The maximum Gasteiger partial charge on any atom is 0.0628 e. The molecule has 1 atom stereocenters. The highest BCUT2D eigenvalue weighted by atomic mass is 16.3. The van der Waals surface area contributed by atoms with E-state index in [-0.39, 0.29) is 18.2 Å². The molecule has 1 N–H and O–H groups in total. The zero-order valence-electron chi connectivity index (χ0n) is 13.7. The van der Waals surface area contributed by atoms with Crippen LogP contribution in [0, 0.1) is 0 Å². The van der Waals surface area contributed by atoms with Crippen LogP contribution in [0.1, 0.15) is 43.5 Å². The van der Waals surface area contributed by atoms with E-state index in [2.05, 4.69) is 61.2 Å². The molecule has 1 aliphatic rings. The molecule has 2 aromatic rings. The van der Waals surface area contributed by atoms with E-state index in [0.29, 0.717) is 0 Å². The van der Waals surface area contributed by atoms with Gasteiger partial charge in [0.1, 0.15) is 0 Å². The van der Waals surface area contributed by atoms with Gasteiger partial charge in [0, 0.05) is 24.8 Å². The summed E-state index contributed by atoms with van der Waals surface area (Å²) in [6.07, 6.45) is 5.11. The van der Waals surface area contributed by atoms with Crippen molar-refractivity contribution in [2.75, 3.05) is 13.2 Å². The van der Waals surface area contributed by atoms with Crippen LogP contribution in [0.3, 0.4) is 0 Å². The van der Waals surface area contributed by atoms with Crippen molar-refractivity contribution in [2.45, 2.75) is 45.3 Å². The Morgan fingerprint density at radius 3 is 2.73 bits per heavy atom. The van der Waals surface area contributed by atoms with Crippen LogP contribution in [0.2, 0.25) is 0 Å². The molecule has 0 amide bonds. The van der Waals surface area contributed by atoms with E-state index < -0.39 is 0 Å². The van der Waals surface area contributed by atoms with Crippen molar-refractivity contribution in [2.24, 2.45) is 0 Å². The zero-order valence-corrected chi connectivity index (χ0v) is 13.7. The van der Waals surface area contributed by atoms with Crippen molar-refractivity contribution in [3.8, 4) is 0 Å². The Kier molecular flexibility index (Phi) is 4.06. The van der Waals surface area contributed by atoms with Crippen LogP contribution in [-0.4, -0.2) is 32.9 Å². The van der Waals surface area contributed by atoms with E-state index in [1.165, 1.54) is 16.7 Å². The second-order valence-corrected chi connectivity index (χ2v) is 7.08. The number of aromatic nitrogens is 2. The Morgan fingerprint density at radius 2 is 2.05 bits per heavy atom. The number of benzene rings is 1. The number of aliphatic hydroxyl groups excluding tert-OH is 1. The average Bonchev–Trinajstić information content (AvgIpc) is 2.96. The van der Waals surface area contributed by atoms with Gasteiger partial charge in [-0.3, -0.25) is 9.58 Å². The van der Waals surface area contributed by atoms with Crippen molar-refractivity contribution < 1.29 is 5.11 Å². The number of aliphatic hydroxyl groups is 1. The molecule has 1 aromatic carbocycles. The highest BCUT2D eigenvalue weighted by Gasteiger charge is 2.27. The van der Waals surface area contributed by atoms with E-state index in [9.17, 15) is 5.11 Å². The Morgan fingerprint density at radius 1 is 1.27 bits per heavy atom. The van der Waals surface area contributed by atoms with E-state index >= 15 is 0 Å². The molecule has 0 fully saturated rings. The number of nitrogens with zero attached hydrogens (tertiary/aromatic N) is 3. The molecular weight excluding hydrogens is 274 g/mol. The fourth-order valence-electron chi connectivity index (χ4n) is 3.15. The largest absolute Gasteiger partial charge is 0.394 e. The van der Waals surface area contributed by atoms with Crippen LogP contribution in [0.15, 0.2) is 36.7 Å². The molecule has 3 rings (SSSR count). The highest BCUT2D eigenvalue weighted by Crippen LogP contribution is 2.30. The summed E-state index contributed by atoms with van der Waals surface area (Å²) >= 11 is 0. The lowest BCUT2D eigenvalue weighted by molar-refractivity contribution is 0.108. The minimum Gasteiger partial charge on any atom is -0.394 e. The van der Waals surface area contributed by atoms with Gasteiger partial charge in [-0.15, -0.1) is 0 Å². The van der Waals surface area contributed by atoms with Gasteiger partial charge in [-0.1, -0.05) is 24.3 Å². The first-order valence-electron chi connectivity index (χ1n) is 7.96. The predicted octanol–water partition coefficient (Wildman–Crippen LogP) is 2.73. The molecule has 118 valence electrons. The van der Waals surface area contributed by atoms with E-state index in [0.717, 1.165) is 19.5 Å². The summed E-state index contributed by atoms with van der Waals surface area (Å²) in [5, 5.41) is 14.3. The molecule has 0 radical (unpaired) electrons. The predicted molar refractivity (Wildman–Crippen MR) is 87.6 cm³/mol. The summed E-state index contributed by atoms with van der Waals surface area (Å²) in [5.41, 5.74) is 3.83. The van der Waals surface area contributed by atoms with Crippen molar-refractivity contribution in [1.29, 1.82) is 0 Å². The third-order valence-corrected chi connectivity index (χ3v) is 4.41. The van der Waals surface area contributed by atoms with Gasteiger partial charge >= 0.3 is 0 Å². The summed E-state index contributed by atoms with van der Waals surface area (Å²) < 4.78 is 2.01. The van der Waals surface area contributed by atoms with Gasteiger partial charge < -0.3 is 5.11 Å². The minimum atomic E-state index is 0.00310. The second kappa shape index (κ2) is 5.86. The molecule has 0 aliphatic carbocycles. The summed E-state index contributed by atoms with van der Waals surface area (Å²) in [5.74, 6) is 0. The molecule has 0 spiro atoms. The molecule has 1 aliphatic heterocycles. The molecule has 2 heterocycles. The lowest BCUT2D eigenvalue weighted by Crippen LogP contribution is -2.36. The SMILES string of the molecule is CC(C)(C)n1cc(CN2CCc3ccccc3C2CO)cn1. The third kappa shape index (κ3) is 2.94. The Labute approximate surface area is 132 Å². The van der Waals surface area contributed by atoms with Gasteiger partial charge in [-0.25, -0.2) is 0 Å². The van der Waals surface area contributed by atoms with Crippen molar-refractivity contribution in [1.82, 2.24) is 14.7 Å². The lowest BCUT2D eigenvalue weighted by Gasteiger charge is -2.36. The monoisotopic (exact) mass is 299 g/mol. The molecule has 4 heteroatoms. The van der Waals surface area contributed by atoms with Crippen LogP contribution in [0.4, 0.5) is 0 Å². The number of hydrogen-bond acceptors (Lipinski definition) is 3. The summed E-state index contributed by atoms with van der Waals surface area (Å²) in [6.45, 7) is 8.41. The quantitative estimate of drug-likeness (QED) is 0.947. The van der Waals surface area contributed by atoms with E-state index in [1.807, 2.05) is 10.9 Å². The Bertz CT molecular complexity index is 642.